The van der Waals surface area contributed by atoms with Crippen LogP contribution < -0.4 is 5.32 Å². The van der Waals surface area contributed by atoms with Gasteiger partial charge in [0.05, 0.1) is 6.61 Å². The monoisotopic (exact) mass is 275 g/mol. The lowest BCUT2D eigenvalue weighted by Gasteiger charge is -2.05. The summed E-state index contributed by atoms with van der Waals surface area (Å²) in [6.45, 7) is 3.62. The summed E-state index contributed by atoms with van der Waals surface area (Å²) in [6, 6.07) is 14.7. The Hall–Kier alpha value is -1.16. The van der Waals surface area contributed by atoms with Crippen molar-refractivity contribution in [3.05, 3.63) is 58.3 Å². The van der Waals surface area contributed by atoms with Crippen LogP contribution in [0.4, 0.5) is 0 Å². The van der Waals surface area contributed by atoms with Gasteiger partial charge in [0.2, 0.25) is 0 Å². The Labute approximate surface area is 119 Å². The fourth-order valence-corrected chi connectivity index (χ4v) is 2.55. The second-order valence-electron chi connectivity index (χ2n) is 4.46. The molecule has 2 rings (SSSR count). The molecule has 1 N–H and O–H groups in total. The summed E-state index contributed by atoms with van der Waals surface area (Å²) in [4.78, 5) is 1.40. The topological polar surface area (TPSA) is 21.3 Å². The van der Waals surface area contributed by atoms with Gasteiger partial charge < -0.3 is 10.1 Å². The maximum absolute atomic E-state index is 5.63. The molecule has 19 heavy (non-hydrogen) atoms. The number of thiophene rings is 1. The molecular formula is C16H21NOS. The number of benzene rings is 1. The molecule has 0 spiro atoms. The van der Waals surface area contributed by atoms with Gasteiger partial charge in [-0.2, -0.15) is 0 Å². The van der Waals surface area contributed by atoms with E-state index in [0.29, 0.717) is 0 Å². The van der Waals surface area contributed by atoms with E-state index in [-0.39, 0.29) is 0 Å². The highest BCUT2D eigenvalue weighted by Gasteiger charge is 1.94. The highest BCUT2D eigenvalue weighted by atomic mass is 32.1. The van der Waals surface area contributed by atoms with E-state index in [1.54, 1.807) is 11.3 Å². The number of hydrogen-bond donors (Lipinski definition) is 1. The van der Waals surface area contributed by atoms with Gasteiger partial charge in [-0.25, -0.2) is 0 Å². The second-order valence-corrected chi connectivity index (χ2v) is 5.49. The molecule has 0 radical (unpaired) electrons. The van der Waals surface area contributed by atoms with Crippen LogP contribution in [0, 0.1) is 0 Å². The number of rotatable bonds is 9. The van der Waals surface area contributed by atoms with Crippen LogP contribution in [0.15, 0.2) is 47.8 Å². The van der Waals surface area contributed by atoms with Crippen molar-refractivity contribution in [2.24, 2.45) is 0 Å². The van der Waals surface area contributed by atoms with Gasteiger partial charge in [-0.05, 0) is 30.0 Å². The summed E-state index contributed by atoms with van der Waals surface area (Å²) in [5.41, 5.74) is 1.33. The summed E-state index contributed by atoms with van der Waals surface area (Å²) >= 11 is 1.80. The van der Waals surface area contributed by atoms with E-state index in [9.17, 15) is 0 Å². The predicted molar refractivity (Wildman–Crippen MR) is 81.6 cm³/mol. The lowest BCUT2D eigenvalue weighted by Crippen LogP contribution is -2.16. The van der Waals surface area contributed by atoms with Gasteiger partial charge in [0.1, 0.15) is 0 Å². The van der Waals surface area contributed by atoms with Crippen LogP contribution in [0.5, 0.6) is 0 Å². The number of hydrogen-bond acceptors (Lipinski definition) is 3. The first-order chi connectivity index (χ1) is 9.45. The molecule has 0 aliphatic carbocycles. The molecule has 1 aromatic carbocycles. The predicted octanol–water partition coefficient (Wildman–Crippen LogP) is 3.49. The fourth-order valence-electron chi connectivity index (χ4n) is 1.86. The molecule has 0 unspecified atom stereocenters. The van der Waals surface area contributed by atoms with Crippen LogP contribution in [0.2, 0.25) is 0 Å². The standard InChI is InChI=1S/C16H21NOS/c1-2-6-15(7-3-1)14-17-10-5-11-18-12-9-16-8-4-13-19-16/h1-4,6-8,13,17H,5,9-12,14H2. The quantitative estimate of drug-likeness (QED) is 0.707. The molecule has 0 amide bonds. The average Bonchev–Trinajstić information content (AvgIpc) is 2.96. The molecule has 0 saturated carbocycles. The normalized spacial score (nSPS) is 10.7. The van der Waals surface area contributed by atoms with Gasteiger partial charge in [0.15, 0.2) is 0 Å². The van der Waals surface area contributed by atoms with E-state index in [0.717, 1.165) is 39.1 Å². The van der Waals surface area contributed by atoms with Crippen LogP contribution in [0.25, 0.3) is 0 Å². The molecule has 0 fully saturated rings. The van der Waals surface area contributed by atoms with E-state index in [1.807, 2.05) is 6.07 Å². The minimum atomic E-state index is 0.833. The fraction of sp³-hybridized carbons (Fsp3) is 0.375. The van der Waals surface area contributed by atoms with Crippen LogP contribution in [-0.4, -0.2) is 19.8 Å². The molecule has 0 bridgehead atoms. The molecule has 1 heterocycles. The van der Waals surface area contributed by atoms with E-state index in [4.69, 9.17) is 4.74 Å². The highest BCUT2D eigenvalue weighted by Crippen LogP contribution is 2.08. The Balaban J connectivity index is 1.42. The van der Waals surface area contributed by atoms with Crippen molar-refractivity contribution in [2.75, 3.05) is 19.8 Å². The van der Waals surface area contributed by atoms with Crippen molar-refractivity contribution in [2.45, 2.75) is 19.4 Å². The largest absolute Gasteiger partial charge is 0.381 e. The van der Waals surface area contributed by atoms with E-state index >= 15 is 0 Å². The second kappa shape index (κ2) is 8.86. The Kier molecular flexibility index (Phi) is 6.65. The first-order valence-electron chi connectivity index (χ1n) is 6.80. The minimum Gasteiger partial charge on any atom is -0.381 e. The zero-order valence-corrected chi connectivity index (χ0v) is 12.0. The Morgan fingerprint density at radius 2 is 1.89 bits per heavy atom. The van der Waals surface area contributed by atoms with Crippen LogP contribution in [0.1, 0.15) is 16.9 Å². The van der Waals surface area contributed by atoms with E-state index in [1.165, 1.54) is 10.4 Å². The van der Waals surface area contributed by atoms with Gasteiger partial charge in [0, 0.05) is 24.4 Å². The highest BCUT2D eigenvalue weighted by molar-refractivity contribution is 7.09. The Morgan fingerprint density at radius 3 is 2.68 bits per heavy atom. The Morgan fingerprint density at radius 1 is 1.00 bits per heavy atom. The van der Waals surface area contributed by atoms with Crippen molar-refractivity contribution in [1.29, 1.82) is 0 Å². The Bertz CT molecular complexity index is 427. The molecule has 0 aliphatic heterocycles. The summed E-state index contributed by atoms with van der Waals surface area (Å²) in [5.74, 6) is 0. The molecule has 2 aromatic rings. The summed E-state index contributed by atoms with van der Waals surface area (Å²) in [6.07, 6.45) is 2.10. The maximum Gasteiger partial charge on any atom is 0.0514 e. The zero-order chi connectivity index (χ0) is 13.2. The van der Waals surface area contributed by atoms with Crippen molar-refractivity contribution >= 4 is 11.3 Å². The lowest BCUT2D eigenvalue weighted by molar-refractivity contribution is 0.135. The van der Waals surface area contributed by atoms with Crippen LogP contribution in [-0.2, 0) is 17.7 Å². The lowest BCUT2D eigenvalue weighted by atomic mass is 10.2. The van der Waals surface area contributed by atoms with Crippen LogP contribution in [0.3, 0.4) is 0 Å². The van der Waals surface area contributed by atoms with Crippen molar-refractivity contribution < 1.29 is 4.74 Å². The molecule has 3 heteroatoms. The third-order valence-electron chi connectivity index (χ3n) is 2.89. The summed E-state index contributed by atoms with van der Waals surface area (Å²) in [5, 5.41) is 5.54. The SMILES string of the molecule is c1ccc(CNCCCOCCc2cccs2)cc1. The first kappa shape index (κ1) is 14.3. The van der Waals surface area contributed by atoms with Gasteiger partial charge in [-0.3, -0.25) is 0 Å². The molecule has 0 atom stereocenters. The third-order valence-corrected chi connectivity index (χ3v) is 3.82. The average molecular weight is 275 g/mol. The molecular weight excluding hydrogens is 254 g/mol. The van der Waals surface area contributed by atoms with E-state index < -0.39 is 0 Å². The third kappa shape index (κ3) is 6.01. The molecule has 0 aliphatic rings. The molecule has 1 aromatic heterocycles. The molecule has 0 saturated heterocycles. The van der Waals surface area contributed by atoms with Gasteiger partial charge in [-0.1, -0.05) is 36.4 Å². The zero-order valence-electron chi connectivity index (χ0n) is 11.2. The summed E-state index contributed by atoms with van der Waals surface area (Å²) in [7, 11) is 0. The molecule has 102 valence electrons. The first-order valence-corrected chi connectivity index (χ1v) is 7.68. The van der Waals surface area contributed by atoms with Crippen LogP contribution >= 0.6 is 11.3 Å². The number of nitrogens with one attached hydrogen (secondary N) is 1. The van der Waals surface area contributed by atoms with Gasteiger partial charge in [0.25, 0.3) is 0 Å². The van der Waals surface area contributed by atoms with Crippen molar-refractivity contribution in [1.82, 2.24) is 5.32 Å². The van der Waals surface area contributed by atoms with Gasteiger partial charge >= 0.3 is 0 Å². The van der Waals surface area contributed by atoms with Crippen molar-refractivity contribution in [3.8, 4) is 0 Å². The van der Waals surface area contributed by atoms with Crippen molar-refractivity contribution in [3.63, 3.8) is 0 Å². The maximum atomic E-state index is 5.63. The van der Waals surface area contributed by atoms with E-state index in [2.05, 4.69) is 47.1 Å². The molecule has 2 nitrogen and oxygen atoms in total. The van der Waals surface area contributed by atoms with Gasteiger partial charge in [-0.15, -0.1) is 11.3 Å². The smallest absolute Gasteiger partial charge is 0.0514 e. The number of ether oxygens (including phenoxy) is 1. The summed E-state index contributed by atoms with van der Waals surface area (Å²) < 4.78 is 5.63. The minimum absolute atomic E-state index is 0.833.